The van der Waals surface area contributed by atoms with Crippen molar-refractivity contribution in [2.75, 3.05) is 13.1 Å². The number of amides is 1. The molecule has 4 heteroatoms. The summed E-state index contributed by atoms with van der Waals surface area (Å²) in [5, 5.41) is 12.8. The van der Waals surface area contributed by atoms with Crippen molar-refractivity contribution in [3.63, 3.8) is 0 Å². The van der Waals surface area contributed by atoms with Gasteiger partial charge in [0.15, 0.2) is 0 Å². The second-order valence-corrected chi connectivity index (χ2v) is 5.33. The van der Waals surface area contributed by atoms with Crippen LogP contribution in [0.4, 0.5) is 0 Å². The van der Waals surface area contributed by atoms with Gasteiger partial charge < -0.3 is 10.4 Å². The zero-order valence-corrected chi connectivity index (χ0v) is 10.8. The molecule has 0 heterocycles. The lowest BCUT2D eigenvalue weighted by Crippen LogP contribution is -2.50. The summed E-state index contributed by atoms with van der Waals surface area (Å²) in [5.41, 5.74) is -0.760. The van der Waals surface area contributed by atoms with Crippen molar-refractivity contribution in [3.8, 4) is 0 Å². The highest BCUT2D eigenvalue weighted by Gasteiger charge is 2.29. The van der Waals surface area contributed by atoms with Gasteiger partial charge in [-0.05, 0) is 40.2 Å². The Bertz CT molecular complexity index is 244. The normalized spacial score (nSPS) is 18.6. The molecule has 0 aromatic heterocycles. The highest BCUT2D eigenvalue weighted by molar-refractivity contribution is 5.81. The number of hydrogen-bond donors (Lipinski definition) is 2. The van der Waals surface area contributed by atoms with Gasteiger partial charge in [-0.3, -0.25) is 9.69 Å². The lowest BCUT2D eigenvalue weighted by Gasteiger charge is -2.32. The van der Waals surface area contributed by atoms with Crippen molar-refractivity contribution in [3.05, 3.63) is 0 Å². The highest BCUT2D eigenvalue weighted by atomic mass is 16.3. The fourth-order valence-electron chi connectivity index (χ4n) is 1.73. The molecule has 0 aromatic carbocycles. The van der Waals surface area contributed by atoms with E-state index in [1.165, 1.54) is 0 Å². The minimum atomic E-state index is -0.760. The number of nitrogens with zero attached hydrogens (tertiary/aromatic N) is 1. The van der Waals surface area contributed by atoms with Crippen LogP contribution < -0.4 is 5.32 Å². The molecule has 1 unspecified atom stereocenters. The van der Waals surface area contributed by atoms with E-state index in [0.717, 1.165) is 19.4 Å². The van der Waals surface area contributed by atoms with E-state index < -0.39 is 5.60 Å². The van der Waals surface area contributed by atoms with Crippen molar-refractivity contribution in [1.82, 2.24) is 10.2 Å². The largest absolute Gasteiger partial charge is 0.389 e. The van der Waals surface area contributed by atoms with Gasteiger partial charge in [-0.2, -0.15) is 0 Å². The molecule has 0 bridgehead atoms. The topological polar surface area (TPSA) is 52.6 Å². The van der Waals surface area contributed by atoms with Crippen LogP contribution in [0.5, 0.6) is 0 Å². The van der Waals surface area contributed by atoms with Crippen LogP contribution in [0.2, 0.25) is 0 Å². The maximum absolute atomic E-state index is 11.8. The molecular formula is C12H24N2O2. The van der Waals surface area contributed by atoms with Crippen molar-refractivity contribution >= 4 is 5.91 Å². The van der Waals surface area contributed by atoms with Gasteiger partial charge in [0.2, 0.25) is 5.91 Å². The summed E-state index contributed by atoms with van der Waals surface area (Å²) in [6.45, 7) is 8.72. The van der Waals surface area contributed by atoms with Crippen LogP contribution in [0.15, 0.2) is 0 Å². The number of rotatable bonds is 6. The predicted octanol–water partition coefficient (Wildman–Crippen LogP) is 0.746. The summed E-state index contributed by atoms with van der Waals surface area (Å²) in [6.07, 6.45) is 2.21. The van der Waals surface area contributed by atoms with Crippen molar-refractivity contribution in [1.29, 1.82) is 0 Å². The Kier molecular flexibility index (Phi) is 4.33. The molecule has 1 saturated carbocycles. The third-order valence-corrected chi connectivity index (χ3v) is 2.85. The van der Waals surface area contributed by atoms with E-state index >= 15 is 0 Å². The number of nitrogens with one attached hydrogen (secondary N) is 1. The van der Waals surface area contributed by atoms with Crippen LogP contribution >= 0.6 is 0 Å². The Morgan fingerprint density at radius 1 is 1.56 bits per heavy atom. The first kappa shape index (κ1) is 13.5. The van der Waals surface area contributed by atoms with E-state index in [1.54, 1.807) is 13.8 Å². The van der Waals surface area contributed by atoms with Crippen LogP contribution in [0, 0.1) is 0 Å². The zero-order chi connectivity index (χ0) is 12.3. The molecule has 1 aliphatic carbocycles. The van der Waals surface area contributed by atoms with Crippen LogP contribution in [0.25, 0.3) is 0 Å². The minimum Gasteiger partial charge on any atom is -0.389 e. The summed E-state index contributed by atoms with van der Waals surface area (Å²) < 4.78 is 0. The molecule has 0 spiro atoms. The summed E-state index contributed by atoms with van der Waals surface area (Å²) in [7, 11) is 0. The summed E-state index contributed by atoms with van der Waals surface area (Å²) in [4.78, 5) is 13.8. The molecule has 16 heavy (non-hydrogen) atoms. The van der Waals surface area contributed by atoms with Crippen LogP contribution in [0.1, 0.15) is 40.5 Å². The van der Waals surface area contributed by atoms with E-state index in [-0.39, 0.29) is 11.9 Å². The molecule has 0 aromatic rings. The highest BCUT2D eigenvalue weighted by Crippen LogP contribution is 2.19. The van der Waals surface area contributed by atoms with Crippen LogP contribution in [-0.4, -0.2) is 46.7 Å². The Labute approximate surface area is 98.0 Å². The summed E-state index contributed by atoms with van der Waals surface area (Å²) in [5.74, 6) is 0.0774. The molecule has 1 atom stereocenters. The van der Waals surface area contributed by atoms with E-state index in [1.807, 2.05) is 18.7 Å². The monoisotopic (exact) mass is 228 g/mol. The maximum atomic E-state index is 11.8. The van der Waals surface area contributed by atoms with Crippen LogP contribution in [-0.2, 0) is 4.79 Å². The molecule has 4 nitrogen and oxygen atoms in total. The summed E-state index contributed by atoms with van der Waals surface area (Å²) in [6, 6.07) is 0.229. The number of carbonyl (C=O) groups excluding carboxylic acids is 1. The molecule has 0 saturated heterocycles. The minimum absolute atomic E-state index is 0.0774. The molecule has 1 amide bonds. The number of carbonyl (C=O) groups is 1. The Balaban J connectivity index is 2.46. The second-order valence-electron chi connectivity index (χ2n) is 5.33. The molecule has 1 rings (SSSR count). The molecule has 1 fully saturated rings. The SMILES string of the molecule is CCN(CC(C)(C)O)C(C)C(=O)NC1CC1. The fraction of sp³-hybridized carbons (Fsp3) is 0.917. The number of aliphatic hydroxyl groups is 1. The molecule has 0 aliphatic heterocycles. The van der Waals surface area contributed by atoms with E-state index in [2.05, 4.69) is 5.32 Å². The van der Waals surface area contributed by atoms with E-state index in [9.17, 15) is 9.90 Å². The van der Waals surface area contributed by atoms with Crippen molar-refractivity contribution in [2.45, 2.75) is 58.2 Å². The van der Waals surface area contributed by atoms with Gasteiger partial charge in [-0.25, -0.2) is 0 Å². The predicted molar refractivity (Wildman–Crippen MR) is 64.2 cm³/mol. The third kappa shape index (κ3) is 4.49. The lowest BCUT2D eigenvalue weighted by molar-refractivity contribution is -0.126. The van der Waals surface area contributed by atoms with Crippen molar-refractivity contribution < 1.29 is 9.90 Å². The van der Waals surface area contributed by atoms with Gasteiger partial charge in [-0.1, -0.05) is 6.92 Å². The standard InChI is InChI=1S/C12H24N2O2/c1-5-14(8-12(3,4)16)9(2)11(15)13-10-6-7-10/h9-10,16H,5-8H2,1-4H3,(H,13,15). The molecule has 0 radical (unpaired) electrons. The van der Waals surface area contributed by atoms with Gasteiger partial charge in [0.05, 0.1) is 11.6 Å². The van der Waals surface area contributed by atoms with Gasteiger partial charge in [0, 0.05) is 12.6 Å². The second kappa shape index (κ2) is 5.15. The van der Waals surface area contributed by atoms with Crippen molar-refractivity contribution in [2.24, 2.45) is 0 Å². The molecular weight excluding hydrogens is 204 g/mol. The van der Waals surface area contributed by atoms with Gasteiger partial charge >= 0.3 is 0 Å². The number of likely N-dealkylation sites (N-methyl/N-ethyl adjacent to an activating group) is 1. The average molecular weight is 228 g/mol. The first-order valence-corrected chi connectivity index (χ1v) is 6.10. The first-order valence-electron chi connectivity index (χ1n) is 6.10. The van der Waals surface area contributed by atoms with Gasteiger partial charge in [0.1, 0.15) is 0 Å². The van der Waals surface area contributed by atoms with E-state index in [4.69, 9.17) is 0 Å². The Morgan fingerprint density at radius 3 is 2.50 bits per heavy atom. The van der Waals surface area contributed by atoms with E-state index in [0.29, 0.717) is 12.6 Å². The van der Waals surface area contributed by atoms with Crippen LogP contribution in [0.3, 0.4) is 0 Å². The average Bonchev–Trinajstić information content (AvgIpc) is 2.95. The molecule has 94 valence electrons. The molecule has 2 N–H and O–H groups in total. The quantitative estimate of drug-likeness (QED) is 0.705. The maximum Gasteiger partial charge on any atom is 0.237 e. The summed E-state index contributed by atoms with van der Waals surface area (Å²) >= 11 is 0. The lowest BCUT2D eigenvalue weighted by atomic mass is 10.1. The fourth-order valence-corrected chi connectivity index (χ4v) is 1.73. The Hall–Kier alpha value is -0.610. The van der Waals surface area contributed by atoms with Gasteiger partial charge in [0.25, 0.3) is 0 Å². The Morgan fingerprint density at radius 2 is 2.12 bits per heavy atom. The first-order chi connectivity index (χ1) is 7.33. The zero-order valence-electron chi connectivity index (χ0n) is 10.8. The number of hydrogen-bond acceptors (Lipinski definition) is 3. The molecule has 1 aliphatic rings. The smallest absolute Gasteiger partial charge is 0.237 e. The third-order valence-electron chi connectivity index (χ3n) is 2.85. The van der Waals surface area contributed by atoms with Gasteiger partial charge in [-0.15, -0.1) is 0 Å².